The highest BCUT2D eigenvalue weighted by Gasteiger charge is 2.49. The number of benzene rings is 2. The normalized spacial score (nSPS) is 23.1. The number of nitrogens with zero attached hydrogens (tertiary/aromatic N) is 6. The predicted molar refractivity (Wildman–Crippen MR) is 167 cm³/mol. The highest BCUT2D eigenvalue weighted by molar-refractivity contribution is 6.01. The third-order valence-electron chi connectivity index (χ3n) is 9.87. The van der Waals surface area contributed by atoms with Gasteiger partial charge < -0.3 is 14.5 Å². The van der Waals surface area contributed by atoms with Crippen molar-refractivity contribution in [2.45, 2.75) is 49.6 Å². The second-order valence-corrected chi connectivity index (χ2v) is 12.6. The van der Waals surface area contributed by atoms with Gasteiger partial charge in [0.2, 0.25) is 5.91 Å². The van der Waals surface area contributed by atoms with E-state index in [9.17, 15) is 22.4 Å². The van der Waals surface area contributed by atoms with Crippen molar-refractivity contribution < 1.29 is 31.5 Å². The molecule has 5 heterocycles. The summed E-state index contributed by atoms with van der Waals surface area (Å²) in [7, 11) is 1.77. The number of halogens is 5. The van der Waals surface area contributed by atoms with E-state index in [1.165, 1.54) is 36.5 Å². The summed E-state index contributed by atoms with van der Waals surface area (Å²) in [5.74, 6) is -0.828. The molecule has 0 radical (unpaired) electrons. The molecule has 3 atom stereocenters. The zero-order valence-corrected chi connectivity index (χ0v) is 25.7. The average molecular weight is 653 g/mol. The van der Waals surface area contributed by atoms with Crippen LogP contribution in [0, 0.1) is 5.82 Å². The van der Waals surface area contributed by atoms with Gasteiger partial charge in [0.15, 0.2) is 5.82 Å². The van der Waals surface area contributed by atoms with Crippen molar-refractivity contribution in [2.24, 2.45) is 0 Å². The number of aromatic nitrogens is 3. The Morgan fingerprint density at radius 1 is 1.17 bits per heavy atom. The molecular weight excluding hydrogens is 619 g/mol. The van der Waals surface area contributed by atoms with E-state index in [1.54, 1.807) is 18.0 Å². The lowest BCUT2D eigenvalue weighted by molar-refractivity contribution is -0.136. The minimum absolute atomic E-state index is 0.0272. The molecule has 8 nitrogen and oxygen atoms in total. The van der Waals surface area contributed by atoms with Gasteiger partial charge >= 0.3 is 12.2 Å². The summed E-state index contributed by atoms with van der Waals surface area (Å²) < 4.78 is 79.7. The van der Waals surface area contributed by atoms with Crippen LogP contribution in [0.25, 0.3) is 32.9 Å². The van der Waals surface area contributed by atoms with Crippen molar-refractivity contribution in [3.05, 3.63) is 66.6 Å². The van der Waals surface area contributed by atoms with Gasteiger partial charge in [-0.2, -0.15) is 23.1 Å². The molecular formula is C34H33F5N6O2. The minimum Gasteiger partial charge on any atom is -0.461 e. The van der Waals surface area contributed by atoms with Gasteiger partial charge in [0, 0.05) is 56.3 Å². The maximum atomic E-state index is 16.7. The molecule has 0 bridgehead atoms. The third-order valence-corrected chi connectivity index (χ3v) is 9.87. The van der Waals surface area contributed by atoms with Crippen molar-refractivity contribution >= 4 is 33.4 Å². The minimum atomic E-state index is -4.68. The number of carbonyl (C=O) groups is 1. The third kappa shape index (κ3) is 5.43. The Labute approximate surface area is 267 Å². The van der Waals surface area contributed by atoms with Gasteiger partial charge in [0.25, 0.3) is 0 Å². The molecule has 3 aliphatic rings. The SMILES string of the molecule is C=CC(=O)N1CC[C@@H](N(C)c2nc(OC[C@@]34CCCN3C[C@H](F)C4)nc3c(F)c(-c4cccc5cccc(C(F)(F)F)c45)ncc23)C1. The average Bonchev–Trinajstić information content (AvgIpc) is 3.77. The molecule has 0 aliphatic carbocycles. The Balaban J connectivity index is 1.34. The van der Waals surface area contributed by atoms with E-state index in [4.69, 9.17) is 4.74 Å². The molecule has 4 aromatic rings. The van der Waals surface area contributed by atoms with E-state index in [0.717, 1.165) is 25.5 Å². The van der Waals surface area contributed by atoms with Crippen molar-refractivity contribution in [1.82, 2.24) is 24.8 Å². The number of hydrogen-bond acceptors (Lipinski definition) is 7. The Hall–Kier alpha value is -4.39. The molecule has 0 N–H and O–H groups in total. The first kappa shape index (κ1) is 31.2. The van der Waals surface area contributed by atoms with E-state index in [2.05, 4.69) is 26.4 Å². The van der Waals surface area contributed by atoms with Crippen LogP contribution < -0.4 is 9.64 Å². The van der Waals surface area contributed by atoms with Gasteiger partial charge in [-0.25, -0.2) is 8.78 Å². The molecule has 3 saturated heterocycles. The maximum absolute atomic E-state index is 16.7. The van der Waals surface area contributed by atoms with Crippen LogP contribution in [0.4, 0.5) is 27.8 Å². The second-order valence-electron chi connectivity index (χ2n) is 12.6. The fourth-order valence-electron chi connectivity index (χ4n) is 7.53. The molecule has 246 valence electrons. The van der Waals surface area contributed by atoms with Crippen LogP contribution in [-0.2, 0) is 11.0 Å². The highest BCUT2D eigenvalue weighted by atomic mass is 19.4. The van der Waals surface area contributed by atoms with Gasteiger partial charge in [-0.15, -0.1) is 0 Å². The Morgan fingerprint density at radius 2 is 1.96 bits per heavy atom. The fraction of sp³-hybridized carbons (Fsp3) is 0.412. The Bertz CT molecular complexity index is 1880. The number of alkyl halides is 4. The largest absolute Gasteiger partial charge is 0.461 e. The van der Waals surface area contributed by atoms with Crippen molar-refractivity contribution in [2.75, 3.05) is 44.7 Å². The summed E-state index contributed by atoms with van der Waals surface area (Å²) >= 11 is 0. The first-order chi connectivity index (χ1) is 22.5. The van der Waals surface area contributed by atoms with Gasteiger partial charge in [0.1, 0.15) is 29.8 Å². The standard InChI is InChI=1S/C34H33F5N6O2/c1-3-26(46)44-14-11-22(18-44)43(2)31-24-16-40-29(23-9-4-7-20-8-5-10-25(27(20)23)34(37,38)39)28(36)30(24)41-32(42-31)47-19-33-12-6-13-45(33)17-21(35)15-33/h3-5,7-10,16,21-22H,1,6,11-15,17-19H2,2H3/t21-,22-,33+/m1/s1. The van der Waals surface area contributed by atoms with Crippen molar-refractivity contribution in [1.29, 1.82) is 0 Å². The molecule has 2 aromatic carbocycles. The number of likely N-dealkylation sites (tertiary alicyclic amines) is 1. The second kappa shape index (κ2) is 11.7. The monoisotopic (exact) mass is 652 g/mol. The smallest absolute Gasteiger partial charge is 0.417 e. The van der Waals surface area contributed by atoms with Crippen LogP contribution >= 0.6 is 0 Å². The first-order valence-electron chi connectivity index (χ1n) is 15.6. The molecule has 13 heteroatoms. The molecule has 0 saturated carbocycles. The van der Waals surface area contributed by atoms with E-state index in [1.807, 2.05) is 4.90 Å². The molecule has 0 spiro atoms. The lowest BCUT2D eigenvalue weighted by Crippen LogP contribution is -2.43. The van der Waals surface area contributed by atoms with Gasteiger partial charge in [0.05, 0.1) is 16.5 Å². The Morgan fingerprint density at radius 3 is 2.72 bits per heavy atom. The molecule has 2 aromatic heterocycles. The maximum Gasteiger partial charge on any atom is 0.417 e. The van der Waals surface area contributed by atoms with Crippen LogP contribution in [0.15, 0.2) is 55.3 Å². The van der Waals surface area contributed by atoms with E-state index in [0.29, 0.717) is 38.3 Å². The number of anilines is 1. The van der Waals surface area contributed by atoms with Gasteiger partial charge in [-0.3, -0.25) is 14.7 Å². The van der Waals surface area contributed by atoms with Crippen molar-refractivity contribution in [3.8, 4) is 17.3 Å². The summed E-state index contributed by atoms with van der Waals surface area (Å²) in [6, 6.07) is 7.98. The molecule has 0 unspecified atom stereocenters. The van der Waals surface area contributed by atoms with E-state index < -0.39 is 29.3 Å². The van der Waals surface area contributed by atoms with Crippen LogP contribution in [0.1, 0.15) is 31.2 Å². The summed E-state index contributed by atoms with van der Waals surface area (Å²) in [4.78, 5) is 31.3. The highest BCUT2D eigenvalue weighted by Crippen LogP contribution is 2.43. The van der Waals surface area contributed by atoms with Gasteiger partial charge in [-0.1, -0.05) is 36.9 Å². The topological polar surface area (TPSA) is 74.7 Å². The van der Waals surface area contributed by atoms with Crippen molar-refractivity contribution in [3.63, 3.8) is 0 Å². The van der Waals surface area contributed by atoms with Gasteiger partial charge in [-0.05, 0) is 43.3 Å². The summed E-state index contributed by atoms with van der Waals surface area (Å²) in [5.41, 5.74) is -1.91. The summed E-state index contributed by atoms with van der Waals surface area (Å²) in [5, 5.41) is 0.349. The van der Waals surface area contributed by atoms with Crippen LogP contribution in [0.5, 0.6) is 6.01 Å². The molecule has 47 heavy (non-hydrogen) atoms. The first-order valence-corrected chi connectivity index (χ1v) is 15.6. The number of rotatable bonds is 7. The molecule has 1 amide bonds. The number of carbonyl (C=O) groups excluding carboxylic acids is 1. The lowest BCUT2D eigenvalue weighted by Gasteiger charge is -2.31. The zero-order chi connectivity index (χ0) is 33.1. The van der Waals surface area contributed by atoms with Crippen LogP contribution in [0.2, 0.25) is 0 Å². The summed E-state index contributed by atoms with van der Waals surface area (Å²) in [6.45, 7) is 5.62. The zero-order valence-electron chi connectivity index (χ0n) is 25.7. The fourth-order valence-corrected chi connectivity index (χ4v) is 7.53. The predicted octanol–water partition coefficient (Wildman–Crippen LogP) is 6.18. The molecule has 3 fully saturated rings. The molecule has 3 aliphatic heterocycles. The van der Waals surface area contributed by atoms with E-state index >= 15 is 4.39 Å². The number of amides is 1. The number of hydrogen-bond donors (Lipinski definition) is 0. The van der Waals surface area contributed by atoms with Crippen LogP contribution in [-0.4, -0.2) is 88.2 Å². The number of ether oxygens (including phenoxy) is 1. The lowest BCUT2D eigenvalue weighted by atomic mass is 9.95. The summed E-state index contributed by atoms with van der Waals surface area (Å²) in [6.07, 6.45) is -0.476. The van der Waals surface area contributed by atoms with Crippen LogP contribution in [0.3, 0.4) is 0 Å². The molecule has 7 rings (SSSR count). The number of fused-ring (bicyclic) bond motifs is 3. The number of pyridine rings is 1. The number of likely N-dealkylation sites (N-methyl/N-ethyl adjacent to an activating group) is 1. The quantitative estimate of drug-likeness (QED) is 0.174. The Kier molecular flexibility index (Phi) is 7.77. The van der Waals surface area contributed by atoms with E-state index in [-0.39, 0.29) is 57.5 Å².